The van der Waals surface area contributed by atoms with E-state index in [-0.39, 0.29) is 0 Å². The molecule has 2 aromatic heterocycles. The van der Waals surface area contributed by atoms with Crippen LogP contribution in [-0.2, 0) is 0 Å². The molecule has 230 valence electrons. The first-order chi connectivity index (χ1) is 24.3. The van der Waals surface area contributed by atoms with Crippen LogP contribution in [0.4, 0.5) is 17.1 Å². The summed E-state index contributed by atoms with van der Waals surface area (Å²) in [7, 11) is 0. The zero-order valence-corrected chi connectivity index (χ0v) is 27.3. The zero-order valence-electron chi connectivity index (χ0n) is 26.5. The van der Waals surface area contributed by atoms with Crippen molar-refractivity contribution in [3.63, 3.8) is 0 Å². The topological polar surface area (TPSA) is 16.4 Å². The molecule has 2 nitrogen and oxygen atoms in total. The lowest BCUT2D eigenvalue weighted by molar-refractivity contribution is 0.672. The summed E-state index contributed by atoms with van der Waals surface area (Å²) in [4.78, 5) is 2.43. The molecule has 10 rings (SSSR count). The van der Waals surface area contributed by atoms with E-state index in [1.165, 1.54) is 42.4 Å². The number of hydrogen-bond acceptors (Lipinski definition) is 3. The Kier molecular flexibility index (Phi) is 6.39. The molecule has 0 amide bonds. The van der Waals surface area contributed by atoms with E-state index in [0.29, 0.717) is 0 Å². The largest absolute Gasteiger partial charge is 0.455 e. The first-order valence-corrected chi connectivity index (χ1v) is 17.4. The van der Waals surface area contributed by atoms with Crippen molar-refractivity contribution in [2.45, 2.75) is 0 Å². The molecule has 0 saturated carbocycles. The van der Waals surface area contributed by atoms with Crippen molar-refractivity contribution in [3.8, 4) is 22.3 Å². The highest BCUT2D eigenvalue weighted by atomic mass is 32.1. The molecule has 3 heteroatoms. The Hall–Kier alpha value is -6.16. The van der Waals surface area contributed by atoms with Gasteiger partial charge in [0.05, 0.1) is 11.4 Å². The molecule has 0 N–H and O–H groups in total. The third kappa shape index (κ3) is 4.47. The average molecular weight is 644 g/mol. The summed E-state index contributed by atoms with van der Waals surface area (Å²) in [6.45, 7) is 0. The second-order valence-electron chi connectivity index (χ2n) is 12.5. The molecule has 10 aromatic rings. The van der Waals surface area contributed by atoms with Gasteiger partial charge in [-0.05, 0) is 53.1 Å². The maximum atomic E-state index is 6.51. The van der Waals surface area contributed by atoms with Gasteiger partial charge in [-0.3, -0.25) is 0 Å². The zero-order chi connectivity index (χ0) is 32.3. The third-order valence-corrected chi connectivity index (χ3v) is 10.9. The normalized spacial score (nSPS) is 11.7. The van der Waals surface area contributed by atoms with Gasteiger partial charge in [0.2, 0.25) is 0 Å². The summed E-state index contributed by atoms with van der Waals surface area (Å²) in [5, 5.41) is 7.09. The molecule has 0 radical (unpaired) electrons. The van der Waals surface area contributed by atoms with E-state index in [0.717, 1.165) is 49.8 Å². The van der Waals surface area contributed by atoms with Crippen LogP contribution in [0.5, 0.6) is 0 Å². The molecular formula is C46H29NOS. The summed E-state index contributed by atoms with van der Waals surface area (Å²) in [6.07, 6.45) is 0. The van der Waals surface area contributed by atoms with Gasteiger partial charge in [-0.1, -0.05) is 140 Å². The minimum absolute atomic E-state index is 0.899. The van der Waals surface area contributed by atoms with Crippen LogP contribution in [0.1, 0.15) is 0 Å². The fourth-order valence-electron chi connectivity index (χ4n) is 7.42. The van der Waals surface area contributed by atoms with Crippen LogP contribution in [-0.4, -0.2) is 0 Å². The molecule has 0 bridgehead atoms. The summed E-state index contributed by atoms with van der Waals surface area (Å²) in [5.74, 6) is 0. The number of fused-ring (bicyclic) bond motifs is 8. The Morgan fingerprint density at radius 2 is 1.04 bits per heavy atom. The fourth-order valence-corrected chi connectivity index (χ4v) is 8.65. The number of benzene rings is 8. The molecule has 49 heavy (non-hydrogen) atoms. The molecule has 0 aliphatic rings. The van der Waals surface area contributed by atoms with Crippen molar-refractivity contribution in [2.24, 2.45) is 0 Å². The monoisotopic (exact) mass is 643 g/mol. The quantitative estimate of drug-likeness (QED) is 0.186. The maximum absolute atomic E-state index is 6.51. The first kappa shape index (κ1) is 27.9. The lowest BCUT2D eigenvalue weighted by atomic mass is 9.98. The second kappa shape index (κ2) is 11.2. The van der Waals surface area contributed by atoms with E-state index < -0.39 is 0 Å². The molecule has 0 aliphatic heterocycles. The van der Waals surface area contributed by atoms with Crippen molar-refractivity contribution in [1.29, 1.82) is 0 Å². The Bertz CT molecular complexity index is 2830. The van der Waals surface area contributed by atoms with Crippen molar-refractivity contribution >= 4 is 81.3 Å². The fraction of sp³-hybridized carbons (Fsp3) is 0. The standard InChI is InChI=1S/C46H29NOS/c1-2-13-30(14-3-1)33-15-6-9-22-41(33)47(42-29-40-36-17-7-10-23-43(36)48-45(40)38-19-5-4-16-35(38)42)32-27-25-31(26-28-32)34-20-12-21-39-37-18-8-11-24-44(37)49-46(34)39/h1-29H. The number of furan rings is 1. The molecular weight excluding hydrogens is 615 g/mol. The van der Waals surface area contributed by atoms with Crippen molar-refractivity contribution in [2.75, 3.05) is 4.90 Å². The van der Waals surface area contributed by atoms with Crippen molar-refractivity contribution in [1.82, 2.24) is 0 Å². The molecule has 0 spiro atoms. The molecule has 2 heterocycles. The minimum Gasteiger partial charge on any atom is -0.455 e. The number of anilines is 3. The van der Waals surface area contributed by atoms with Gasteiger partial charge in [0.25, 0.3) is 0 Å². The van der Waals surface area contributed by atoms with E-state index in [2.05, 4.69) is 175 Å². The van der Waals surface area contributed by atoms with Crippen LogP contribution in [0.3, 0.4) is 0 Å². The predicted octanol–water partition coefficient (Wildman–Crippen LogP) is 13.9. The Balaban J connectivity index is 1.22. The summed E-state index contributed by atoms with van der Waals surface area (Å²) < 4.78 is 9.15. The van der Waals surface area contributed by atoms with Gasteiger partial charge in [0.1, 0.15) is 11.2 Å². The van der Waals surface area contributed by atoms with E-state index in [1.807, 2.05) is 17.4 Å². The molecule has 8 aromatic carbocycles. The summed E-state index contributed by atoms with van der Waals surface area (Å²) >= 11 is 1.87. The first-order valence-electron chi connectivity index (χ1n) is 16.6. The van der Waals surface area contributed by atoms with Crippen molar-refractivity contribution in [3.05, 3.63) is 176 Å². The highest BCUT2D eigenvalue weighted by molar-refractivity contribution is 7.26. The Morgan fingerprint density at radius 1 is 0.408 bits per heavy atom. The van der Waals surface area contributed by atoms with Crippen LogP contribution >= 0.6 is 11.3 Å². The third-order valence-electron chi connectivity index (χ3n) is 9.67. The molecule has 0 saturated heterocycles. The van der Waals surface area contributed by atoms with E-state index >= 15 is 0 Å². The number of nitrogens with zero attached hydrogens (tertiary/aromatic N) is 1. The summed E-state index contributed by atoms with van der Waals surface area (Å²) in [5.41, 5.74) is 9.95. The van der Waals surface area contributed by atoms with Crippen LogP contribution in [0, 0.1) is 0 Å². The highest BCUT2D eigenvalue weighted by Crippen LogP contribution is 2.47. The number of hydrogen-bond donors (Lipinski definition) is 0. The maximum Gasteiger partial charge on any atom is 0.143 e. The smallest absolute Gasteiger partial charge is 0.143 e. The number of rotatable bonds is 5. The average Bonchev–Trinajstić information content (AvgIpc) is 3.75. The van der Waals surface area contributed by atoms with Crippen LogP contribution < -0.4 is 4.90 Å². The lowest BCUT2D eigenvalue weighted by Crippen LogP contribution is -2.12. The van der Waals surface area contributed by atoms with Gasteiger partial charge >= 0.3 is 0 Å². The minimum atomic E-state index is 0.899. The summed E-state index contributed by atoms with van der Waals surface area (Å²) in [6, 6.07) is 63.2. The Morgan fingerprint density at radius 3 is 1.90 bits per heavy atom. The van der Waals surface area contributed by atoms with Crippen LogP contribution in [0.15, 0.2) is 180 Å². The predicted molar refractivity (Wildman–Crippen MR) is 210 cm³/mol. The highest BCUT2D eigenvalue weighted by Gasteiger charge is 2.22. The Labute approximate surface area is 287 Å². The van der Waals surface area contributed by atoms with E-state index in [4.69, 9.17) is 4.42 Å². The van der Waals surface area contributed by atoms with Gasteiger partial charge in [-0.2, -0.15) is 0 Å². The van der Waals surface area contributed by atoms with Crippen LogP contribution in [0.25, 0.3) is 75.1 Å². The van der Waals surface area contributed by atoms with Gasteiger partial charge < -0.3 is 9.32 Å². The lowest BCUT2D eigenvalue weighted by Gasteiger charge is -2.29. The van der Waals surface area contributed by atoms with E-state index in [1.54, 1.807) is 0 Å². The van der Waals surface area contributed by atoms with Gasteiger partial charge in [0, 0.05) is 53.0 Å². The number of para-hydroxylation sites is 2. The molecule has 0 atom stereocenters. The van der Waals surface area contributed by atoms with Crippen LogP contribution in [0.2, 0.25) is 0 Å². The molecule has 0 fully saturated rings. The second-order valence-corrected chi connectivity index (χ2v) is 13.5. The van der Waals surface area contributed by atoms with Crippen molar-refractivity contribution < 1.29 is 4.42 Å². The molecule has 0 unspecified atom stereocenters. The van der Waals surface area contributed by atoms with E-state index in [9.17, 15) is 0 Å². The van der Waals surface area contributed by atoms with Gasteiger partial charge in [-0.15, -0.1) is 11.3 Å². The number of thiophene rings is 1. The van der Waals surface area contributed by atoms with Gasteiger partial charge in [-0.25, -0.2) is 0 Å². The van der Waals surface area contributed by atoms with Gasteiger partial charge in [0.15, 0.2) is 0 Å². The SMILES string of the molecule is c1ccc(-c2ccccc2N(c2ccc(-c3cccc4c3sc3ccccc34)cc2)c2cc3c4ccccc4oc3c3ccccc23)cc1. The molecule has 0 aliphatic carbocycles.